The Bertz CT molecular complexity index is 694. The summed E-state index contributed by atoms with van der Waals surface area (Å²) in [5.41, 5.74) is 5.81. The SMILES string of the molecule is Cc1nc(C)c(Nc2ccncc2)cc1Nc1ccncc1. The van der Waals surface area contributed by atoms with Crippen LogP contribution in [0.1, 0.15) is 11.4 Å². The van der Waals surface area contributed by atoms with E-state index in [-0.39, 0.29) is 0 Å². The molecule has 0 atom stereocenters. The summed E-state index contributed by atoms with van der Waals surface area (Å²) in [6, 6.07) is 9.77. The van der Waals surface area contributed by atoms with E-state index in [1.54, 1.807) is 24.8 Å². The van der Waals surface area contributed by atoms with Crippen LogP contribution in [-0.2, 0) is 0 Å². The quantitative estimate of drug-likeness (QED) is 0.761. The van der Waals surface area contributed by atoms with Gasteiger partial charge in [0.2, 0.25) is 0 Å². The number of anilines is 4. The molecule has 0 amide bonds. The van der Waals surface area contributed by atoms with Crippen LogP contribution in [0.3, 0.4) is 0 Å². The maximum absolute atomic E-state index is 4.61. The Hall–Kier alpha value is -2.95. The number of aromatic nitrogens is 3. The summed E-state index contributed by atoms with van der Waals surface area (Å²) in [5, 5.41) is 6.74. The lowest BCUT2D eigenvalue weighted by atomic mass is 10.2. The Morgan fingerprint density at radius 1 is 0.682 bits per heavy atom. The molecule has 3 heterocycles. The van der Waals surface area contributed by atoms with Crippen molar-refractivity contribution in [3.63, 3.8) is 0 Å². The van der Waals surface area contributed by atoms with E-state index in [1.165, 1.54) is 0 Å². The first-order chi connectivity index (χ1) is 10.7. The first-order valence-electron chi connectivity index (χ1n) is 7.05. The number of pyridine rings is 3. The molecule has 0 aliphatic carbocycles. The Kier molecular flexibility index (Phi) is 3.96. The van der Waals surface area contributed by atoms with E-state index in [9.17, 15) is 0 Å². The van der Waals surface area contributed by atoms with E-state index in [2.05, 4.69) is 31.7 Å². The highest BCUT2D eigenvalue weighted by Gasteiger charge is 2.07. The van der Waals surface area contributed by atoms with Gasteiger partial charge in [-0.05, 0) is 44.2 Å². The fourth-order valence-corrected chi connectivity index (χ4v) is 2.16. The molecular formula is C17H17N5. The van der Waals surface area contributed by atoms with E-state index >= 15 is 0 Å². The molecule has 0 aromatic carbocycles. The molecule has 110 valence electrons. The molecule has 3 aromatic heterocycles. The van der Waals surface area contributed by atoms with Crippen LogP contribution >= 0.6 is 0 Å². The van der Waals surface area contributed by atoms with Crippen molar-refractivity contribution in [1.29, 1.82) is 0 Å². The van der Waals surface area contributed by atoms with E-state index in [0.717, 1.165) is 34.1 Å². The van der Waals surface area contributed by atoms with Crippen molar-refractivity contribution in [2.45, 2.75) is 13.8 Å². The van der Waals surface area contributed by atoms with E-state index < -0.39 is 0 Å². The molecule has 22 heavy (non-hydrogen) atoms. The number of nitrogens with one attached hydrogen (secondary N) is 2. The lowest BCUT2D eigenvalue weighted by molar-refractivity contribution is 1.12. The van der Waals surface area contributed by atoms with Crippen molar-refractivity contribution in [3.05, 3.63) is 66.5 Å². The van der Waals surface area contributed by atoms with E-state index in [1.807, 2.05) is 38.1 Å². The van der Waals surface area contributed by atoms with Crippen molar-refractivity contribution in [1.82, 2.24) is 15.0 Å². The summed E-state index contributed by atoms with van der Waals surface area (Å²) in [6.45, 7) is 3.99. The first-order valence-corrected chi connectivity index (χ1v) is 7.05. The zero-order valence-corrected chi connectivity index (χ0v) is 12.5. The third-order valence-electron chi connectivity index (χ3n) is 3.32. The lowest BCUT2D eigenvalue weighted by Crippen LogP contribution is -2.01. The van der Waals surface area contributed by atoms with Gasteiger partial charge in [-0.3, -0.25) is 15.0 Å². The van der Waals surface area contributed by atoms with E-state index in [0.29, 0.717) is 0 Å². The molecule has 0 radical (unpaired) electrons. The molecule has 0 spiro atoms. The van der Waals surface area contributed by atoms with Gasteiger partial charge in [0.1, 0.15) is 0 Å². The van der Waals surface area contributed by atoms with Crippen LogP contribution in [0.5, 0.6) is 0 Å². The minimum atomic E-state index is 0.953. The maximum atomic E-state index is 4.61. The van der Waals surface area contributed by atoms with Crippen molar-refractivity contribution in [2.75, 3.05) is 10.6 Å². The van der Waals surface area contributed by atoms with Gasteiger partial charge in [-0.1, -0.05) is 0 Å². The number of rotatable bonds is 4. The van der Waals surface area contributed by atoms with E-state index in [4.69, 9.17) is 0 Å². The molecule has 0 fully saturated rings. The number of hydrogen-bond acceptors (Lipinski definition) is 5. The lowest BCUT2D eigenvalue weighted by Gasteiger charge is -2.14. The summed E-state index contributed by atoms with van der Waals surface area (Å²) in [7, 11) is 0. The molecule has 0 unspecified atom stereocenters. The van der Waals surface area contributed by atoms with Crippen LogP contribution in [0.2, 0.25) is 0 Å². The van der Waals surface area contributed by atoms with Crippen LogP contribution < -0.4 is 10.6 Å². The topological polar surface area (TPSA) is 62.7 Å². The zero-order chi connectivity index (χ0) is 15.4. The van der Waals surface area contributed by atoms with Gasteiger partial charge in [0.15, 0.2) is 0 Å². The fraction of sp³-hybridized carbons (Fsp3) is 0.118. The van der Waals surface area contributed by atoms with Crippen LogP contribution in [0, 0.1) is 13.8 Å². The van der Waals surface area contributed by atoms with Gasteiger partial charge in [0.05, 0.1) is 22.8 Å². The molecule has 2 N–H and O–H groups in total. The highest BCUT2D eigenvalue weighted by atomic mass is 15.0. The second kappa shape index (κ2) is 6.22. The van der Waals surface area contributed by atoms with Crippen LogP contribution in [-0.4, -0.2) is 15.0 Å². The molecule has 3 rings (SSSR count). The third-order valence-corrected chi connectivity index (χ3v) is 3.32. The first kappa shape index (κ1) is 14.0. The Morgan fingerprint density at radius 3 is 1.50 bits per heavy atom. The highest BCUT2D eigenvalue weighted by molar-refractivity contribution is 5.70. The second-order valence-electron chi connectivity index (χ2n) is 4.98. The van der Waals surface area contributed by atoms with Crippen molar-refractivity contribution < 1.29 is 0 Å². The summed E-state index contributed by atoms with van der Waals surface area (Å²) in [4.78, 5) is 12.7. The average Bonchev–Trinajstić information content (AvgIpc) is 2.54. The number of nitrogens with zero attached hydrogens (tertiary/aromatic N) is 3. The zero-order valence-electron chi connectivity index (χ0n) is 12.5. The van der Waals surface area contributed by atoms with Gasteiger partial charge in [0.25, 0.3) is 0 Å². The maximum Gasteiger partial charge on any atom is 0.0621 e. The summed E-state index contributed by atoms with van der Waals surface area (Å²) >= 11 is 0. The molecular weight excluding hydrogens is 274 g/mol. The molecule has 0 bridgehead atoms. The minimum Gasteiger partial charge on any atom is -0.354 e. The van der Waals surface area contributed by atoms with Gasteiger partial charge in [-0.15, -0.1) is 0 Å². The molecule has 5 heteroatoms. The van der Waals surface area contributed by atoms with Crippen LogP contribution in [0.4, 0.5) is 22.7 Å². The van der Waals surface area contributed by atoms with Gasteiger partial charge < -0.3 is 10.6 Å². The third kappa shape index (κ3) is 3.20. The van der Waals surface area contributed by atoms with Crippen molar-refractivity contribution >= 4 is 22.7 Å². The van der Waals surface area contributed by atoms with Gasteiger partial charge in [0, 0.05) is 36.2 Å². The van der Waals surface area contributed by atoms with Crippen molar-refractivity contribution in [2.24, 2.45) is 0 Å². The molecule has 0 saturated carbocycles. The number of aryl methyl sites for hydroxylation is 2. The predicted molar refractivity (Wildman–Crippen MR) is 88.8 cm³/mol. The molecule has 3 aromatic rings. The minimum absolute atomic E-state index is 0.953. The molecule has 5 nitrogen and oxygen atoms in total. The second-order valence-corrected chi connectivity index (χ2v) is 4.98. The average molecular weight is 291 g/mol. The predicted octanol–water partition coefficient (Wildman–Crippen LogP) is 3.98. The molecule has 0 aliphatic heterocycles. The summed E-state index contributed by atoms with van der Waals surface area (Å²) in [5.74, 6) is 0. The fourth-order valence-electron chi connectivity index (χ4n) is 2.16. The monoisotopic (exact) mass is 291 g/mol. The summed E-state index contributed by atoms with van der Waals surface area (Å²) < 4.78 is 0. The standard InChI is InChI=1S/C17H17N5/c1-12-16(21-14-3-7-18-8-4-14)11-17(13(2)20-12)22-15-5-9-19-10-6-15/h3-11H,1-2H3,(H,18,21)(H,19,22). The Balaban J connectivity index is 1.90. The van der Waals surface area contributed by atoms with Crippen LogP contribution in [0.25, 0.3) is 0 Å². The van der Waals surface area contributed by atoms with Gasteiger partial charge in [-0.25, -0.2) is 0 Å². The molecule has 0 saturated heterocycles. The van der Waals surface area contributed by atoms with Gasteiger partial charge >= 0.3 is 0 Å². The Morgan fingerprint density at radius 2 is 1.09 bits per heavy atom. The van der Waals surface area contributed by atoms with Gasteiger partial charge in [-0.2, -0.15) is 0 Å². The van der Waals surface area contributed by atoms with Crippen molar-refractivity contribution in [3.8, 4) is 0 Å². The number of hydrogen-bond donors (Lipinski definition) is 2. The molecule has 0 aliphatic rings. The summed E-state index contributed by atoms with van der Waals surface area (Å²) in [6.07, 6.45) is 7.04. The normalized spacial score (nSPS) is 10.3. The van der Waals surface area contributed by atoms with Crippen LogP contribution in [0.15, 0.2) is 55.1 Å². The smallest absolute Gasteiger partial charge is 0.0621 e. The largest absolute Gasteiger partial charge is 0.354 e. The highest BCUT2D eigenvalue weighted by Crippen LogP contribution is 2.26. The Labute approximate surface area is 129 Å².